The zero-order valence-corrected chi connectivity index (χ0v) is 20.8. The monoisotopic (exact) mass is 502 g/mol. The standard InChI is InChI=1S/C26H31FN4O3.ClH/c1-14-23(26(32)31-17-7-5-16(28)6-8-17)25-24(30-14)18(9-10-29-25)19-11-20(27)22(33-2)12-21(19)34-13-15-3-4-15;/h9-12,15-17,30H,3-8,13,28H2,1-2H3,(H,31,32);1H. The van der Waals surface area contributed by atoms with E-state index in [0.717, 1.165) is 49.8 Å². The molecule has 2 aliphatic carbocycles. The number of hydrogen-bond donors (Lipinski definition) is 3. The van der Waals surface area contributed by atoms with Gasteiger partial charge in [0, 0.05) is 41.2 Å². The maximum Gasteiger partial charge on any atom is 0.255 e. The average molecular weight is 503 g/mol. The highest BCUT2D eigenvalue weighted by Gasteiger charge is 2.26. The lowest BCUT2D eigenvalue weighted by Crippen LogP contribution is -2.40. The van der Waals surface area contributed by atoms with Crippen LogP contribution in [0.4, 0.5) is 4.39 Å². The van der Waals surface area contributed by atoms with Crippen molar-refractivity contribution in [1.29, 1.82) is 0 Å². The minimum atomic E-state index is -0.474. The van der Waals surface area contributed by atoms with Crippen molar-refractivity contribution in [2.75, 3.05) is 13.7 Å². The molecule has 5 rings (SSSR count). The maximum atomic E-state index is 14.7. The first-order valence-electron chi connectivity index (χ1n) is 12.0. The number of pyridine rings is 1. The molecule has 2 heterocycles. The van der Waals surface area contributed by atoms with Crippen molar-refractivity contribution in [1.82, 2.24) is 15.3 Å². The summed E-state index contributed by atoms with van der Waals surface area (Å²) in [6.45, 7) is 2.44. The van der Waals surface area contributed by atoms with E-state index < -0.39 is 5.82 Å². The summed E-state index contributed by atoms with van der Waals surface area (Å²) in [5.41, 5.74) is 9.79. The van der Waals surface area contributed by atoms with Gasteiger partial charge in [0.25, 0.3) is 5.91 Å². The van der Waals surface area contributed by atoms with Crippen LogP contribution in [0.3, 0.4) is 0 Å². The Bertz CT molecular complexity index is 1220. The van der Waals surface area contributed by atoms with E-state index >= 15 is 0 Å². The molecule has 2 fully saturated rings. The van der Waals surface area contributed by atoms with Gasteiger partial charge in [0.15, 0.2) is 11.6 Å². The molecule has 0 saturated heterocycles. The number of aromatic amines is 1. The third-order valence-electron chi connectivity index (χ3n) is 6.93. The van der Waals surface area contributed by atoms with E-state index in [9.17, 15) is 9.18 Å². The first-order valence-corrected chi connectivity index (χ1v) is 12.0. The lowest BCUT2D eigenvalue weighted by Gasteiger charge is -2.26. The minimum absolute atomic E-state index is 0. The summed E-state index contributed by atoms with van der Waals surface area (Å²) in [6.07, 6.45) is 7.51. The van der Waals surface area contributed by atoms with Crippen LogP contribution in [0.5, 0.6) is 11.5 Å². The van der Waals surface area contributed by atoms with Crippen LogP contribution in [-0.2, 0) is 0 Å². The topological polar surface area (TPSA) is 102 Å². The van der Waals surface area contributed by atoms with Crippen LogP contribution in [0.15, 0.2) is 24.4 Å². The molecule has 0 atom stereocenters. The van der Waals surface area contributed by atoms with E-state index in [1.165, 1.54) is 13.2 Å². The SMILES string of the molecule is COc1cc(OCC2CC2)c(-c2ccnc3c(C(=O)NC4CCC(N)CC4)c(C)[nH]c23)cc1F.Cl. The molecule has 188 valence electrons. The summed E-state index contributed by atoms with van der Waals surface area (Å²) >= 11 is 0. The predicted molar refractivity (Wildman–Crippen MR) is 136 cm³/mol. The number of amides is 1. The quantitative estimate of drug-likeness (QED) is 0.426. The first kappa shape index (κ1) is 25.3. The normalized spacial score (nSPS) is 19.8. The Morgan fingerprint density at radius 3 is 2.60 bits per heavy atom. The summed E-state index contributed by atoms with van der Waals surface area (Å²) in [4.78, 5) is 21.1. The van der Waals surface area contributed by atoms with Crippen molar-refractivity contribution in [3.05, 3.63) is 41.5 Å². The van der Waals surface area contributed by atoms with Gasteiger partial charge in [0.2, 0.25) is 0 Å². The van der Waals surface area contributed by atoms with Gasteiger partial charge in [-0.05, 0) is 63.5 Å². The number of carbonyl (C=O) groups is 1. The van der Waals surface area contributed by atoms with Crippen LogP contribution in [0.2, 0.25) is 0 Å². The Balaban J connectivity index is 0.00000289. The number of aryl methyl sites for hydroxylation is 1. The first-order chi connectivity index (χ1) is 16.4. The van der Waals surface area contributed by atoms with Crippen LogP contribution in [-0.4, -0.2) is 41.7 Å². The Labute approximate surface area is 210 Å². The number of ether oxygens (including phenoxy) is 2. The molecule has 9 heteroatoms. The molecule has 4 N–H and O–H groups in total. The van der Waals surface area contributed by atoms with Gasteiger partial charge in [-0.2, -0.15) is 0 Å². The van der Waals surface area contributed by atoms with E-state index in [0.29, 0.717) is 40.4 Å². The highest BCUT2D eigenvalue weighted by Crippen LogP contribution is 2.40. The molecule has 0 spiro atoms. The fourth-order valence-corrected chi connectivity index (χ4v) is 4.74. The molecule has 1 amide bonds. The van der Waals surface area contributed by atoms with Crippen LogP contribution in [0.1, 0.15) is 54.6 Å². The minimum Gasteiger partial charge on any atom is -0.494 e. The van der Waals surface area contributed by atoms with Crippen molar-refractivity contribution in [2.45, 2.75) is 57.5 Å². The van der Waals surface area contributed by atoms with Gasteiger partial charge in [-0.1, -0.05) is 0 Å². The molecule has 3 aromatic rings. The molecule has 2 aliphatic rings. The fraction of sp³-hybridized carbons (Fsp3) is 0.462. The number of halogens is 2. The molecular formula is C26H32ClFN4O3. The van der Waals surface area contributed by atoms with E-state index in [1.807, 2.05) is 13.0 Å². The molecule has 0 radical (unpaired) electrons. The average Bonchev–Trinajstić information content (AvgIpc) is 3.59. The Hall–Kier alpha value is -2.84. The zero-order valence-electron chi connectivity index (χ0n) is 20.0. The van der Waals surface area contributed by atoms with Gasteiger partial charge in [-0.3, -0.25) is 9.78 Å². The number of nitrogens with zero attached hydrogens (tertiary/aromatic N) is 1. The van der Waals surface area contributed by atoms with E-state index in [1.54, 1.807) is 12.3 Å². The van der Waals surface area contributed by atoms with E-state index in [-0.39, 0.29) is 36.1 Å². The van der Waals surface area contributed by atoms with E-state index in [2.05, 4.69) is 15.3 Å². The van der Waals surface area contributed by atoms with Crippen molar-refractivity contribution in [3.8, 4) is 22.6 Å². The number of H-pyrrole nitrogens is 1. The fourth-order valence-electron chi connectivity index (χ4n) is 4.74. The summed E-state index contributed by atoms with van der Waals surface area (Å²) in [5, 5.41) is 3.15. The number of benzene rings is 1. The maximum absolute atomic E-state index is 14.7. The molecule has 35 heavy (non-hydrogen) atoms. The second kappa shape index (κ2) is 10.4. The van der Waals surface area contributed by atoms with Crippen molar-refractivity contribution >= 4 is 29.3 Å². The molecule has 2 aromatic heterocycles. The van der Waals surface area contributed by atoms with Crippen LogP contribution < -0.4 is 20.5 Å². The van der Waals surface area contributed by atoms with Gasteiger partial charge in [0.05, 0.1) is 24.8 Å². The largest absolute Gasteiger partial charge is 0.494 e. The Morgan fingerprint density at radius 2 is 1.91 bits per heavy atom. The smallest absolute Gasteiger partial charge is 0.255 e. The third-order valence-corrected chi connectivity index (χ3v) is 6.93. The molecule has 0 bridgehead atoms. The van der Waals surface area contributed by atoms with Crippen molar-refractivity contribution < 1.29 is 18.7 Å². The number of hydrogen-bond acceptors (Lipinski definition) is 5. The molecule has 1 aromatic carbocycles. The molecule has 0 unspecified atom stereocenters. The van der Waals surface area contributed by atoms with Crippen LogP contribution in [0, 0.1) is 18.7 Å². The van der Waals surface area contributed by atoms with E-state index in [4.69, 9.17) is 15.2 Å². The van der Waals surface area contributed by atoms with Gasteiger partial charge in [-0.25, -0.2) is 4.39 Å². The lowest BCUT2D eigenvalue weighted by atomic mass is 9.91. The number of methoxy groups -OCH3 is 1. The second-order valence-electron chi connectivity index (χ2n) is 9.53. The lowest BCUT2D eigenvalue weighted by molar-refractivity contribution is 0.0927. The number of nitrogens with two attached hydrogens (primary N) is 1. The van der Waals surface area contributed by atoms with Crippen LogP contribution in [0.25, 0.3) is 22.2 Å². The van der Waals surface area contributed by atoms with Crippen molar-refractivity contribution in [3.63, 3.8) is 0 Å². The van der Waals surface area contributed by atoms with Gasteiger partial charge in [-0.15, -0.1) is 12.4 Å². The number of carbonyl (C=O) groups excluding carboxylic acids is 1. The molecule has 0 aliphatic heterocycles. The Morgan fingerprint density at radius 1 is 1.17 bits per heavy atom. The summed E-state index contributed by atoms with van der Waals surface area (Å²) in [7, 11) is 1.44. The number of rotatable bonds is 7. The summed E-state index contributed by atoms with van der Waals surface area (Å²) in [5.74, 6) is 0.598. The van der Waals surface area contributed by atoms with Crippen LogP contribution >= 0.6 is 12.4 Å². The third kappa shape index (κ3) is 5.23. The predicted octanol–water partition coefficient (Wildman–Crippen LogP) is 4.90. The van der Waals surface area contributed by atoms with Gasteiger partial charge < -0.3 is 25.5 Å². The summed E-state index contributed by atoms with van der Waals surface area (Å²) < 4.78 is 26.0. The molecular weight excluding hydrogens is 471 g/mol. The highest BCUT2D eigenvalue weighted by atomic mass is 35.5. The number of nitrogens with one attached hydrogen (secondary N) is 2. The Kier molecular flexibility index (Phi) is 7.52. The molecule has 2 saturated carbocycles. The zero-order chi connectivity index (χ0) is 23.8. The molecule has 7 nitrogen and oxygen atoms in total. The summed E-state index contributed by atoms with van der Waals surface area (Å²) in [6, 6.07) is 5.16. The number of fused-ring (bicyclic) bond motifs is 1. The van der Waals surface area contributed by atoms with Crippen molar-refractivity contribution in [2.24, 2.45) is 11.7 Å². The van der Waals surface area contributed by atoms with Gasteiger partial charge in [0.1, 0.15) is 11.3 Å². The number of aromatic nitrogens is 2. The second-order valence-corrected chi connectivity index (χ2v) is 9.53. The van der Waals surface area contributed by atoms with Gasteiger partial charge >= 0.3 is 0 Å². The highest BCUT2D eigenvalue weighted by molar-refractivity contribution is 6.09.